The summed E-state index contributed by atoms with van der Waals surface area (Å²) in [6.45, 7) is 8.86. The number of nitro groups is 1. The summed E-state index contributed by atoms with van der Waals surface area (Å²) in [5, 5.41) is 15.0. The molecule has 11 heteroatoms. The Morgan fingerprint density at radius 3 is 2.64 bits per heavy atom. The zero-order valence-electron chi connectivity index (χ0n) is 18.3. The summed E-state index contributed by atoms with van der Waals surface area (Å²) >= 11 is 7.78. The van der Waals surface area contributed by atoms with Crippen molar-refractivity contribution in [1.82, 2.24) is 15.2 Å². The highest BCUT2D eigenvalue weighted by Gasteiger charge is 2.21. The number of hydrogen-bond donors (Lipinski definition) is 1. The molecule has 0 bridgehead atoms. The molecule has 0 spiro atoms. The van der Waals surface area contributed by atoms with Crippen molar-refractivity contribution in [2.24, 2.45) is 0 Å². The van der Waals surface area contributed by atoms with Crippen LogP contribution in [0.5, 0.6) is 0 Å². The van der Waals surface area contributed by atoms with Crippen molar-refractivity contribution in [3.63, 3.8) is 0 Å². The van der Waals surface area contributed by atoms with E-state index in [9.17, 15) is 14.9 Å². The van der Waals surface area contributed by atoms with Crippen LogP contribution in [0.2, 0.25) is 5.02 Å². The number of carbonyl (C=O) groups is 1. The largest absolute Gasteiger partial charge is 0.351 e. The number of benzene rings is 2. The highest BCUT2D eigenvalue weighted by Crippen LogP contribution is 2.32. The summed E-state index contributed by atoms with van der Waals surface area (Å²) in [6.07, 6.45) is 0. The third-order valence-corrected chi connectivity index (χ3v) is 6.97. The van der Waals surface area contributed by atoms with Gasteiger partial charge in [-0.25, -0.2) is 4.98 Å². The van der Waals surface area contributed by atoms with E-state index >= 15 is 0 Å². The lowest BCUT2D eigenvalue weighted by Gasteiger charge is -2.34. The Bertz CT molecular complexity index is 1180. The van der Waals surface area contributed by atoms with E-state index in [4.69, 9.17) is 16.6 Å². The predicted octanol–water partition coefficient (Wildman–Crippen LogP) is 4.45. The van der Waals surface area contributed by atoms with E-state index in [1.807, 2.05) is 0 Å². The van der Waals surface area contributed by atoms with Crippen LogP contribution in [0.15, 0.2) is 30.3 Å². The Labute approximate surface area is 207 Å². The Morgan fingerprint density at radius 1 is 1.21 bits per heavy atom. The van der Waals surface area contributed by atoms with E-state index in [-0.39, 0.29) is 28.7 Å². The second-order valence-electron chi connectivity index (χ2n) is 7.93. The van der Waals surface area contributed by atoms with Crippen LogP contribution in [-0.2, 0) is 0 Å². The second kappa shape index (κ2) is 10.6. The normalized spacial score (nSPS) is 14.2. The van der Waals surface area contributed by atoms with Crippen LogP contribution < -0.4 is 10.2 Å². The minimum atomic E-state index is -0.541. The molecular weight excluding hydrogens is 485 g/mol. The van der Waals surface area contributed by atoms with Gasteiger partial charge in [-0.05, 0) is 37.1 Å². The zero-order chi connectivity index (χ0) is 22.8. The number of amides is 1. The molecule has 4 rings (SSSR count). The molecule has 1 N–H and O–H groups in total. The minimum absolute atomic E-state index is 0. The molecule has 0 unspecified atom stereocenters. The van der Waals surface area contributed by atoms with Crippen LogP contribution in [0.3, 0.4) is 0 Å². The first kappa shape index (κ1) is 25.2. The van der Waals surface area contributed by atoms with Gasteiger partial charge in [0, 0.05) is 51.4 Å². The first-order chi connectivity index (χ1) is 15.3. The monoisotopic (exact) mass is 509 g/mol. The summed E-state index contributed by atoms with van der Waals surface area (Å²) in [7, 11) is 0. The van der Waals surface area contributed by atoms with Crippen molar-refractivity contribution in [1.29, 1.82) is 0 Å². The van der Waals surface area contributed by atoms with Crippen molar-refractivity contribution in [2.75, 3.05) is 44.2 Å². The molecule has 1 amide bonds. The van der Waals surface area contributed by atoms with Crippen molar-refractivity contribution in [3.8, 4) is 0 Å². The molecule has 0 saturated carbocycles. The van der Waals surface area contributed by atoms with Crippen LogP contribution in [0.25, 0.3) is 10.2 Å². The summed E-state index contributed by atoms with van der Waals surface area (Å²) in [6, 6.07) is 8.22. The number of piperazine rings is 1. The lowest BCUT2D eigenvalue weighted by molar-refractivity contribution is -0.384. The first-order valence-electron chi connectivity index (χ1n) is 10.4. The molecule has 3 aromatic rings. The Kier molecular flexibility index (Phi) is 8.12. The lowest BCUT2D eigenvalue weighted by Crippen LogP contribution is -2.48. The molecule has 1 aliphatic heterocycles. The summed E-state index contributed by atoms with van der Waals surface area (Å²) in [5.41, 5.74) is 3.51. The molecule has 1 aromatic heterocycles. The SMILES string of the molecule is Cc1cc(C)c2nc(N3CCN(CCNC(=O)c4cc([N+](=O)[O-])ccc4Cl)CC3)sc2c1.Cl. The molecule has 33 heavy (non-hydrogen) atoms. The second-order valence-corrected chi connectivity index (χ2v) is 9.35. The van der Waals surface area contributed by atoms with E-state index in [2.05, 4.69) is 41.1 Å². The number of thiazole rings is 1. The average molecular weight is 510 g/mol. The first-order valence-corrected chi connectivity index (χ1v) is 11.6. The zero-order valence-corrected chi connectivity index (χ0v) is 20.7. The quantitative estimate of drug-likeness (QED) is 0.389. The van der Waals surface area contributed by atoms with Crippen LogP contribution >= 0.6 is 35.3 Å². The van der Waals surface area contributed by atoms with Gasteiger partial charge in [-0.2, -0.15) is 0 Å². The van der Waals surface area contributed by atoms with Crippen LogP contribution in [0.1, 0.15) is 21.5 Å². The molecule has 0 radical (unpaired) electrons. The van der Waals surface area contributed by atoms with E-state index < -0.39 is 10.8 Å². The van der Waals surface area contributed by atoms with Crippen molar-refractivity contribution >= 4 is 62.3 Å². The molecule has 1 fully saturated rings. The number of carbonyl (C=O) groups excluding carboxylic acids is 1. The molecule has 8 nitrogen and oxygen atoms in total. The third kappa shape index (κ3) is 5.73. The maximum absolute atomic E-state index is 12.4. The number of aryl methyl sites for hydroxylation is 2. The highest BCUT2D eigenvalue weighted by atomic mass is 35.5. The summed E-state index contributed by atoms with van der Waals surface area (Å²) < 4.78 is 1.22. The number of hydrogen-bond acceptors (Lipinski definition) is 7. The number of anilines is 1. The standard InChI is InChI=1S/C22H24ClN5O3S.ClH/c1-14-11-15(2)20-19(12-14)32-22(25-20)27-9-7-26(8-10-27)6-5-24-21(29)17-13-16(28(30)31)3-4-18(17)23;/h3-4,11-13H,5-10H2,1-2H3,(H,24,29);1H. The van der Waals surface area contributed by atoms with E-state index in [0.717, 1.165) is 36.8 Å². The van der Waals surface area contributed by atoms with Crippen molar-refractivity contribution in [2.45, 2.75) is 13.8 Å². The van der Waals surface area contributed by atoms with Gasteiger partial charge < -0.3 is 10.2 Å². The molecular formula is C22H25Cl2N5O3S. The number of aromatic nitrogens is 1. The van der Waals surface area contributed by atoms with Crippen LogP contribution in [0, 0.1) is 24.0 Å². The minimum Gasteiger partial charge on any atom is -0.351 e. The number of nitro benzene ring substituents is 1. The third-order valence-electron chi connectivity index (χ3n) is 5.58. The van der Waals surface area contributed by atoms with Gasteiger partial charge in [-0.3, -0.25) is 19.8 Å². The van der Waals surface area contributed by atoms with Crippen molar-refractivity contribution in [3.05, 3.63) is 62.2 Å². The molecule has 0 atom stereocenters. The van der Waals surface area contributed by atoms with E-state index in [1.54, 1.807) is 11.3 Å². The fourth-order valence-corrected chi connectivity index (χ4v) is 5.28. The van der Waals surface area contributed by atoms with Gasteiger partial charge in [-0.1, -0.05) is 29.0 Å². The number of nitrogens with one attached hydrogen (secondary N) is 1. The van der Waals surface area contributed by atoms with E-state index in [1.165, 1.54) is 34.0 Å². The summed E-state index contributed by atoms with van der Waals surface area (Å²) in [4.78, 5) is 32.3. The van der Waals surface area contributed by atoms with Crippen molar-refractivity contribution < 1.29 is 9.72 Å². The maximum atomic E-state index is 12.4. The molecule has 2 aromatic carbocycles. The number of fused-ring (bicyclic) bond motifs is 1. The fraction of sp³-hybridized carbons (Fsp3) is 0.364. The Hall–Kier alpha value is -2.46. The Morgan fingerprint density at radius 2 is 1.94 bits per heavy atom. The van der Waals surface area contributed by atoms with Gasteiger partial charge in [0.1, 0.15) is 0 Å². The molecule has 2 heterocycles. The lowest BCUT2D eigenvalue weighted by atomic mass is 10.1. The number of rotatable bonds is 6. The van der Waals surface area contributed by atoms with Gasteiger partial charge in [-0.15, -0.1) is 12.4 Å². The van der Waals surface area contributed by atoms with E-state index in [0.29, 0.717) is 13.1 Å². The molecule has 1 saturated heterocycles. The molecule has 0 aliphatic carbocycles. The number of nitrogens with zero attached hydrogens (tertiary/aromatic N) is 4. The molecule has 1 aliphatic rings. The predicted molar refractivity (Wildman–Crippen MR) is 135 cm³/mol. The van der Waals surface area contributed by atoms with Gasteiger partial charge in [0.05, 0.1) is 25.7 Å². The van der Waals surface area contributed by atoms with Gasteiger partial charge in [0.25, 0.3) is 11.6 Å². The van der Waals surface area contributed by atoms with Crippen LogP contribution in [-0.4, -0.2) is 60.0 Å². The highest BCUT2D eigenvalue weighted by molar-refractivity contribution is 7.22. The van der Waals surface area contributed by atoms with Gasteiger partial charge in [0.2, 0.25) is 0 Å². The number of halogens is 2. The molecule has 176 valence electrons. The average Bonchev–Trinajstić information content (AvgIpc) is 3.18. The van der Waals surface area contributed by atoms with Crippen LogP contribution in [0.4, 0.5) is 10.8 Å². The summed E-state index contributed by atoms with van der Waals surface area (Å²) in [5.74, 6) is -0.405. The van der Waals surface area contributed by atoms with Gasteiger partial charge in [0.15, 0.2) is 5.13 Å². The fourth-order valence-electron chi connectivity index (χ4n) is 3.88. The smallest absolute Gasteiger partial charge is 0.270 e. The van der Waals surface area contributed by atoms with Gasteiger partial charge >= 0.3 is 0 Å². The number of non-ortho nitro benzene ring substituents is 1. The maximum Gasteiger partial charge on any atom is 0.270 e. The topological polar surface area (TPSA) is 91.6 Å². The Balaban J connectivity index is 0.00000306.